The van der Waals surface area contributed by atoms with Crippen molar-refractivity contribution in [1.82, 2.24) is 20.4 Å². The number of aryl methyl sites for hydroxylation is 1. The number of hydrogen-bond acceptors (Lipinski definition) is 3. The number of carbonyl (C=O) groups excluding carboxylic acids is 1. The van der Waals surface area contributed by atoms with Crippen molar-refractivity contribution in [2.45, 2.75) is 38.6 Å². The van der Waals surface area contributed by atoms with E-state index in [1.54, 1.807) is 6.20 Å². The quantitative estimate of drug-likeness (QED) is 0.727. The van der Waals surface area contributed by atoms with Crippen LogP contribution in [0.1, 0.15) is 32.1 Å². The first-order valence-corrected chi connectivity index (χ1v) is 7.29. The Labute approximate surface area is 114 Å². The van der Waals surface area contributed by atoms with Gasteiger partial charge in [0.1, 0.15) is 0 Å². The Morgan fingerprint density at radius 3 is 3.00 bits per heavy atom. The highest BCUT2D eigenvalue weighted by atomic mass is 16.1. The van der Waals surface area contributed by atoms with Crippen LogP contribution in [-0.4, -0.2) is 35.3 Å². The van der Waals surface area contributed by atoms with Gasteiger partial charge in [0.25, 0.3) is 0 Å². The molecule has 19 heavy (non-hydrogen) atoms. The lowest BCUT2D eigenvalue weighted by atomic mass is 9.93. The Hall–Kier alpha value is -1.36. The first-order chi connectivity index (χ1) is 9.34. The minimum atomic E-state index is 0.194. The number of piperidine rings is 1. The fourth-order valence-electron chi connectivity index (χ4n) is 2.50. The van der Waals surface area contributed by atoms with E-state index < -0.39 is 0 Å². The highest BCUT2D eigenvalue weighted by Gasteiger charge is 2.14. The van der Waals surface area contributed by atoms with Gasteiger partial charge in [-0.25, -0.2) is 0 Å². The van der Waals surface area contributed by atoms with Crippen LogP contribution < -0.4 is 10.6 Å². The summed E-state index contributed by atoms with van der Waals surface area (Å²) >= 11 is 0. The predicted molar refractivity (Wildman–Crippen MR) is 74.7 cm³/mol. The second kappa shape index (κ2) is 7.94. The monoisotopic (exact) mass is 264 g/mol. The molecule has 0 saturated carbocycles. The molecule has 0 spiro atoms. The largest absolute Gasteiger partial charge is 0.356 e. The van der Waals surface area contributed by atoms with E-state index >= 15 is 0 Å². The van der Waals surface area contributed by atoms with Gasteiger partial charge in [0.05, 0.1) is 0 Å². The second-order valence-electron chi connectivity index (χ2n) is 5.20. The van der Waals surface area contributed by atoms with Crippen LogP contribution in [0.2, 0.25) is 0 Å². The molecule has 5 nitrogen and oxygen atoms in total. The molecule has 1 fully saturated rings. The molecule has 0 radical (unpaired) electrons. The van der Waals surface area contributed by atoms with E-state index in [1.807, 2.05) is 16.9 Å². The summed E-state index contributed by atoms with van der Waals surface area (Å²) in [7, 11) is 0. The van der Waals surface area contributed by atoms with Crippen molar-refractivity contribution in [1.29, 1.82) is 0 Å². The van der Waals surface area contributed by atoms with Crippen LogP contribution in [0.15, 0.2) is 18.5 Å². The van der Waals surface area contributed by atoms with Gasteiger partial charge in [-0.1, -0.05) is 0 Å². The van der Waals surface area contributed by atoms with E-state index in [9.17, 15) is 4.79 Å². The van der Waals surface area contributed by atoms with Crippen molar-refractivity contribution in [3.63, 3.8) is 0 Å². The average molecular weight is 264 g/mol. The summed E-state index contributed by atoms with van der Waals surface area (Å²) < 4.78 is 1.89. The van der Waals surface area contributed by atoms with Gasteiger partial charge in [0.2, 0.25) is 5.91 Å². The topological polar surface area (TPSA) is 59.0 Å². The Morgan fingerprint density at radius 1 is 1.42 bits per heavy atom. The first kappa shape index (κ1) is 14.1. The van der Waals surface area contributed by atoms with E-state index in [-0.39, 0.29) is 5.91 Å². The molecule has 0 aromatic carbocycles. The lowest BCUT2D eigenvalue weighted by Crippen LogP contribution is -2.29. The van der Waals surface area contributed by atoms with Crippen LogP contribution in [0, 0.1) is 5.92 Å². The summed E-state index contributed by atoms with van der Waals surface area (Å²) in [5, 5.41) is 10.5. The van der Waals surface area contributed by atoms with Gasteiger partial charge >= 0.3 is 0 Å². The van der Waals surface area contributed by atoms with E-state index in [4.69, 9.17) is 0 Å². The predicted octanol–water partition coefficient (Wildman–Crippen LogP) is 1.17. The molecule has 1 aliphatic heterocycles. The smallest absolute Gasteiger partial charge is 0.220 e. The number of nitrogens with zero attached hydrogens (tertiary/aromatic N) is 2. The molecule has 2 N–H and O–H groups in total. The molecule has 2 heterocycles. The Balaban J connectivity index is 1.49. The fraction of sp³-hybridized carbons (Fsp3) is 0.714. The zero-order valence-electron chi connectivity index (χ0n) is 11.5. The van der Waals surface area contributed by atoms with Gasteiger partial charge in [-0.05, 0) is 50.8 Å². The van der Waals surface area contributed by atoms with Crippen molar-refractivity contribution in [3.8, 4) is 0 Å². The van der Waals surface area contributed by atoms with Crippen LogP contribution in [0.3, 0.4) is 0 Å². The molecule has 1 aromatic rings. The summed E-state index contributed by atoms with van der Waals surface area (Å²) in [6.45, 7) is 3.82. The van der Waals surface area contributed by atoms with Crippen molar-refractivity contribution in [2.24, 2.45) is 5.92 Å². The molecule has 1 amide bonds. The maximum Gasteiger partial charge on any atom is 0.220 e. The maximum absolute atomic E-state index is 11.7. The molecule has 1 aliphatic rings. The van der Waals surface area contributed by atoms with Gasteiger partial charge < -0.3 is 10.6 Å². The zero-order valence-corrected chi connectivity index (χ0v) is 11.5. The fourth-order valence-corrected chi connectivity index (χ4v) is 2.50. The van der Waals surface area contributed by atoms with Crippen LogP contribution in [0.4, 0.5) is 0 Å². The number of carbonyl (C=O) groups is 1. The number of aromatic nitrogens is 2. The zero-order chi connectivity index (χ0) is 13.3. The number of rotatable bonds is 7. The van der Waals surface area contributed by atoms with Crippen LogP contribution in [-0.2, 0) is 11.3 Å². The standard InChI is InChI=1S/C14H24N4O/c19-14(4-3-13-5-9-15-10-6-13)16-7-1-11-18-12-2-8-17-18/h2,8,12-13,15H,1,3-7,9-11H2,(H,16,19). The van der Waals surface area contributed by atoms with Gasteiger partial charge in [-0.15, -0.1) is 0 Å². The molecule has 0 unspecified atom stereocenters. The average Bonchev–Trinajstić information content (AvgIpc) is 2.96. The molecule has 0 atom stereocenters. The third-order valence-corrected chi connectivity index (χ3v) is 3.68. The van der Waals surface area contributed by atoms with E-state index in [2.05, 4.69) is 15.7 Å². The molecular formula is C14H24N4O. The molecule has 1 saturated heterocycles. The molecular weight excluding hydrogens is 240 g/mol. The van der Waals surface area contributed by atoms with Gasteiger partial charge in [0.15, 0.2) is 0 Å². The highest BCUT2D eigenvalue weighted by molar-refractivity contribution is 5.75. The molecule has 106 valence electrons. The molecule has 0 bridgehead atoms. The highest BCUT2D eigenvalue weighted by Crippen LogP contribution is 2.17. The van der Waals surface area contributed by atoms with Crippen molar-refractivity contribution in [3.05, 3.63) is 18.5 Å². The number of hydrogen-bond donors (Lipinski definition) is 2. The third kappa shape index (κ3) is 5.42. The second-order valence-corrected chi connectivity index (χ2v) is 5.20. The van der Waals surface area contributed by atoms with Crippen molar-refractivity contribution < 1.29 is 4.79 Å². The van der Waals surface area contributed by atoms with Crippen LogP contribution in [0.25, 0.3) is 0 Å². The van der Waals surface area contributed by atoms with E-state index in [0.29, 0.717) is 6.42 Å². The van der Waals surface area contributed by atoms with Crippen molar-refractivity contribution >= 4 is 5.91 Å². The number of amides is 1. The van der Waals surface area contributed by atoms with Gasteiger partial charge in [-0.3, -0.25) is 9.48 Å². The van der Waals surface area contributed by atoms with E-state index in [1.165, 1.54) is 12.8 Å². The minimum Gasteiger partial charge on any atom is -0.356 e. The molecule has 5 heteroatoms. The summed E-state index contributed by atoms with van der Waals surface area (Å²) in [6.07, 6.45) is 8.79. The summed E-state index contributed by atoms with van der Waals surface area (Å²) in [6, 6.07) is 1.91. The van der Waals surface area contributed by atoms with Crippen LogP contribution >= 0.6 is 0 Å². The normalized spacial score (nSPS) is 16.4. The summed E-state index contributed by atoms with van der Waals surface area (Å²) in [4.78, 5) is 11.7. The maximum atomic E-state index is 11.7. The molecule has 0 aliphatic carbocycles. The first-order valence-electron chi connectivity index (χ1n) is 7.29. The Bertz CT molecular complexity index is 358. The van der Waals surface area contributed by atoms with Gasteiger partial charge in [0, 0.05) is 31.9 Å². The number of nitrogens with one attached hydrogen (secondary N) is 2. The van der Waals surface area contributed by atoms with Crippen molar-refractivity contribution in [2.75, 3.05) is 19.6 Å². The lowest BCUT2D eigenvalue weighted by molar-refractivity contribution is -0.121. The Kier molecular flexibility index (Phi) is 5.88. The summed E-state index contributed by atoms with van der Waals surface area (Å²) in [5.74, 6) is 0.926. The van der Waals surface area contributed by atoms with Gasteiger partial charge in [-0.2, -0.15) is 5.10 Å². The van der Waals surface area contributed by atoms with Crippen LogP contribution in [0.5, 0.6) is 0 Å². The molecule has 2 rings (SSSR count). The summed E-state index contributed by atoms with van der Waals surface area (Å²) in [5.41, 5.74) is 0. The van der Waals surface area contributed by atoms with E-state index in [0.717, 1.165) is 44.9 Å². The third-order valence-electron chi connectivity index (χ3n) is 3.68. The SMILES string of the molecule is O=C(CCC1CCNCC1)NCCCn1cccn1. The lowest BCUT2D eigenvalue weighted by Gasteiger charge is -2.22. The Morgan fingerprint density at radius 2 is 2.26 bits per heavy atom. The molecule has 1 aromatic heterocycles. The minimum absolute atomic E-state index is 0.194.